The van der Waals surface area contributed by atoms with Gasteiger partial charge < -0.3 is 31.0 Å². The van der Waals surface area contributed by atoms with Gasteiger partial charge in [-0.05, 0) is 69.9 Å². The van der Waals surface area contributed by atoms with Gasteiger partial charge in [-0.2, -0.15) is 0 Å². The fraction of sp³-hybridized carbons (Fsp3) is 0.586. The number of carbonyl (C=O) groups excluding carboxylic acids is 2. The molecule has 2 aliphatic heterocycles. The lowest BCUT2D eigenvalue weighted by molar-refractivity contribution is -0.160. The van der Waals surface area contributed by atoms with E-state index in [2.05, 4.69) is 45.5 Å². The number of hydrogen-bond donors (Lipinski definition) is 4. The molecular weight excluding hydrogens is 484 g/mol. The summed E-state index contributed by atoms with van der Waals surface area (Å²) in [5, 5.41) is 11.8. The third kappa shape index (κ3) is 6.95. The van der Waals surface area contributed by atoms with Crippen molar-refractivity contribution in [3.63, 3.8) is 0 Å². The number of nitrogens with zero attached hydrogens (tertiary/aromatic N) is 1. The zero-order valence-electron chi connectivity index (χ0n) is 23.1. The summed E-state index contributed by atoms with van der Waals surface area (Å²) in [7, 11) is 1.43. The number of aromatic amines is 1. The average molecular weight is 529 g/mol. The molecule has 1 aliphatic carbocycles. The molecule has 38 heavy (non-hydrogen) atoms. The number of carbonyl (C=O) groups is 2. The summed E-state index contributed by atoms with van der Waals surface area (Å²) in [5.74, 6) is 0.0541. The molecule has 0 spiro atoms. The van der Waals surface area contributed by atoms with Gasteiger partial charge in [-0.1, -0.05) is 24.3 Å². The Balaban J connectivity index is 0.000000282. The van der Waals surface area contributed by atoms with Crippen molar-refractivity contribution in [2.45, 2.75) is 64.2 Å². The third-order valence-electron chi connectivity index (χ3n) is 7.60. The second kappa shape index (κ2) is 12.8. The molecule has 0 bridgehead atoms. The van der Waals surface area contributed by atoms with E-state index in [-0.39, 0.29) is 17.8 Å². The van der Waals surface area contributed by atoms with Crippen molar-refractivity contribution in [2.24, 2.45) is 29.2 Å². The van der Waals surface area contributed by atoms with E-state index in [0.29, 0.717) is 24.9 Å². The van der Waals surface area contributed by atoms with Crippen molar-refractivity contribution in [1.82, 2.24) is 9.88 Å². The monoisotopic (exact) mass is 528 g/mol. The van der Waals surface area contributed by atoms with Gasteiger partial charge in [-0.3, -0.25) is 9.69 Å². The van der Waals surface area contributed by atoms with Crippen LogP contribution in [0, 0.1) is 17.8 Å². The molecule has 5 rings (SSSR count). The van der Waals surface area contributed by atoms with Crippen LogP contribution in [-0.2, 0) is 20.7 Å². The summed E-state index contributed by atoms with van der Waals surface area (Å²) in [6.07, 6.45) is 4.06. The van der Waals surface area contributed by atoms with Gasteiger partial charge in [-0.15, -0.1) is 6.58 Å². The molecule has 3 heterocycles. The van der Waals surface area contributed by atoms with Gasteiger partial charge in [0.05, 0.1) is 25.2 Å². The Kier molecular flexibility index (Phi) is 9.98. The van der Waals surface area contributed by atoms with E-state index in [0.717, 1.165) is 32.4 Å². The molecule has 5 atom stereocenters. The number of aliphatic hydroxyl groups excluding tert-OH is 1. The topological polar surface area (TPSA) is 144 Å². The first kappa shape index (κ1) is 29.7. The van der Waals surface area contributed by atoms with Gasteiger partial charge >= 0.3 is 12.1 Å². The first-order valence-electron chi connectivity index (χ1n) is 13.4. The molecule has 3 aliphatic rings. The quantitative estimate of drug-likeness (QED) is 0.344. The van der Waals surface area contributed by atoms with E-state index in [1.807, 2.05) is 0 Å². The highest BCUT2D eigenvalue weighted by atomic mass is 16.6. The number of rotatable bonds is 2. The van der Waals surface area contributed by atoms with E-state index in [1.165, 1.54) is 29.3 Å². The molecule has 0 unspecified atom stereocenters. The number of aliphatic hydroxyl groups is 1. The second-order valence-corrected chi connectivity index (χ2v) is 11.2. The second-order valence-electron chi connectivity index (χ2n) is 11.2. The first-order valence-corrected chi connectivity index (χ1v) is 13.4. The molecular formula is C29H44N4O5. The maximum atomic E-state index is 12.4. The van der Waals surface area contributed by atoms with Crippen LogP contribution in [0.4, 0.5) is 4.79 Å². The summed E-state index contributed by atoms with van der Waals surface area (Å²) < 4.78 is 9.62. The van der Waals surface area contributed by atoms with Crippen LogP contribution in [0.2, 0.25) is 0 Å². The zero-order chi connectivity index (χ0) is 28.0. The zero-order valence-corrected chi connectivity index (χ0v) is 23.1. The largest absolute Gasteiger partial charge is 0.469 e. The van der Waals surface area contributed by atoms with Gasteiger partial charge in [0.1, 0.15) is 5.60 Å². The smallest absolute Gasteiger partial charge is 0.405 e. The Bertz CT molecular complexity index is 1110. The lowest BCUT2D eigenvalue weighted by atomic mass is 9.65. The Hall–Kier alpha value is -2.88. The Labute approximate surface area is 225 Å². The number of nitrogens with one attached hydrogen (secondary N) is 1. The van der Waals surface area contributed by atoms with Crippen LogP contribution in [-0.4, -0.2) is 65.5 Å². The van der Waals surface area contributed by atoms with Crippen molar-refractivity contribution in [3.05, 3.63) is 48.2 Å². The van der Waals surface area contributed by atoms with Crippen LogP contribution in [0.25, 0.3) is 10.9 Å². The number of methoxy groups -OCH3 is 1. The molecule has 1 aromatic heterocycles. The SMILES string of the molecule is C=CCN.CC(C)(C)OC(N)=O.COC(=O)[C@@H]1[C@H]2C[C@H]3c4[nH]c5ccccc5c4CCN3C[C@@H]2CC[C@@H]1O. The van der Waals surface area contributed by atoms with Crippen LogP contribution < -0.4 is 11.5 Å². The van der Waals surface area contributed by atoms with E-state index < -0.39 is 17.8 Å². The lowest BCUT2D eigenvalue weighted by Gasteiger charge is -2.50. The Morgan fingerprint density at radius 2 is 1.95 bits per heavy atom. The van der Waals surface area contributed by atoms with E-state index in [1.54, 1.807) is 26.8 Å². The number of ether oxygens (including phenoxy) is 2. The van der Waals surface area contributed by atoms with Crippen LogP contribution in [0.3, 0.4) is 0 Å². The van der Waals surface area contributed by atoms with Gasteiger partial charge in [0.25, 0.3) is 0 Å². The highest BCUT2D eigenvalue weighted by molar-refractivity contribution is 5.85. The number of piperidine rings is 1. The molecule has 1 saturated heterocycles. The summed E-state index contributed by atoms with van der Waals surface area (Å²) in [6, 6.07) is 8.83. The number of H-pyrrole nitrogens is 1. The summed E-state index contributed by atoms with van der Waals surface area (Å²) in [5.41, 5.74) is 13.1. The number of nitrogens with two attached hydrogens (primary N) is 2. The average Bonchev–Trinajstić information content (AvgIpc) is 3.25. The van der Waals surface area contributed by atoms with Gasteiger partial charge in [0, 0.05) is 36.2 Å². The highest BCUT2D eigenvalue weighted by Gasteiger charge is 2.49. The molecule has 1 aromatic carbocycles. The number of esters is 1. The summed E-state index contributed by atoms with van der Waals surface area (Å²) in [4.78, 5) is 28.6. The predicted octanol–water partition coefficient (Wildman–Crippen LogP) is 3.66. The number of aromatic nitrogens is 1. The number of primary amides is 1. The van der Waals surface area contributed by atoms with Gasteiger partial charge in [-0.25, -0.2) is 4.79 Å². The van der Waals surface area contributed by atoms with Crippen LogP contribution in [0.15, 0.2) is 36.9 Å². The van der Waals surface area contributed by atoms with Crippen molar-refractivity contribution in [3.8, 4) is 0 Å². The molecule has 2 fully saturated rings. The third-order valence-corrected chi connectivity index (χ3v) is 7.60. The lowest BCUT2D eigenvalue weighted by Crippen LogP contribution is -2.53. The number of benzene rings is 1. The number of fused-ring (bicyclic) bond motifs is 6. The standard InChI is InChI=1S/C21H26N2O3.C5H11NO2.C3H7N/c1-26-21(25)19-15-10-17-20-14(13-4-2-3-5-16(13)22-20)8-9-23(17)11-12(15)6-7-18(19)24;1-5(2,3)8-4(6)7;1-2-3-4/h2-5,12,15,17-19,22,24H,6-11H2,1H3;1-3H3,(H2,6,7);2H,1,3-4H2/t12-,15-,17-,18-,19+;;/m0../s1. The molecule has 2 aromatic rings. The van der Waals surface area contributed by atoms with Crippen molar-refractivity contribution in [1.29, 1.82) is 0 Å². The minimum absolute atomic E-state index is 0.199. The highest BCUT2D eigenvalue weighted by Crippen LogP contribution is 2.49. The maximum Gasteiger partial charge on any atom is 0.405 e. The fourth-order valence-electron chi connectivity index (χ4n) is 6.11. The molecule has 1 saturated carbocycles. The number of amides is 1. The number of para-hydroxylation sites is 1. The molecule has 0 radical (unpaired) electrons. The summed E-state index contributed by atoms with van der Waals surface area (Å²) >= 11 is 0. The molecule has 9 nitrogen and oxygen atoms in total. The van der Waals surface area contributed by atoms with E-state index in [4.69, 9.17) is 16.2 Å². The minimum Gasteiger partial charge on any atom is -0.469 e. The molecule has 9 heteroatoms. The van der Waals surface area contributed by atoms with Gasteiger partial charge in [0.2, 0.25) is 0 Å². The van der Waals surface area contributed by atoms with Crippen molar-refractivity contribution < 1.29 is 24.2 Å². The Morgan fingerprint density at radius 3 is 2.53 bits per heavy atom. The summed E-state index contributed by atoms with van der Waals surface area (Å²) in [6.45, 7) is 11.3. The predicted molar refractivity (Wildman–Crippen MR) is 148 cm³/mol. The first-order chi connectivity index (χ1) is 18.0. The Morgan fingerprint density at radius 1 is 1.26 bits per heavy atom. The van der Waals surface area contributed by atoms with Crippen LogP contribution in [0.1, 0.15) is 57.3 Å². The van der Waals surface area contributed by atoms with E-state index >= 15 is 0 Å². The van der Waals surface area contributed by atoms with Crippen molar-refractivity contribution >= 4 is 23.0 Å². The van der Waals surface area contributed by atoms with E-state index in [9.17, 15) is 14.7 Å². The van der Waals surface area contributed by atoms with Gasteiger partial charge in [0.15, 0.2) is 0 Å². The molecule has 1 amide bonds. The fourth-order valence-corrected chi connectivity index (χ4v) is 6.11. The number of hydrogen-bond acceptors (Lipinski definition) is 7. The minimum atomic E-state index is -0.725. The molecule has 210 valence electrons. The van der Waals surface area contributed by atoms with Crippen LogP contribution in [0.5, 0.6) is 0 Å². The normalized spacial score (nSPS) is 26.2. The maximum absolute atomic E-state index is 12.4. The van der Waals surface area contributed by atoms with Crippen molar-refractivity contribution in [2.75, 3.05) is 26.7 Å². The van der Waals surface area contributed by atoms with Crippen LogP contribution >= 0.6 is 0 Å². The molecule has 6 N–H and O–H groups in total.